The Bertz CT molecular complexity index is 707. The second-order valence-electron chi connectivity index (χ2n) is 7.11. The molecule has 132 valence electrons. The summed E-state index contributed by atoms with van der Waals surface area (Å²) in [7, 11) is 0. The van der Waals surface area contributed by atoms with E-state index < -0.39 is 0 Å². The van der Waals surface area contributed by atoms with Crippen LogP contribution in [-0.2, 0) is 11.3 Å². The Hall–Kier alpha value is -1.98. The van der Waals surface area contributed by atoms with Gasteiger partial charge in [-0.05, 0) is 42.7 Å². The summed E-state index contributed by atoms with van der Waals surface area (Å²) in [6.07, 6.45) is 5.87. The minimum atomic E-state index is -0.181. The Morgan fingerprint density at radius 2 is 2.12 bits per heavy atom. The number of piperidine rings is 1. The van der Waals surface area contributed by atoms with E-state index in [0.717, 1.165) is 57.9 Å². The molecular weight excluding hydrogens is 317 g/mol. The standard InChI is InChI=1S/C20H24FN3O/c21-18-5-1-6-19(12-18)24-9-3-7-20(16-24)15-23(10-11-25-20)14-17-4-2-8-22-13-17/h1-2,4-6,8,12-13H,3,7,9-11,14-16H2/t20-/m1/s1. The van der Waals surface area contributed by atoms with E-state index in [1.807, 2.05) is 24.5 Å². The number of nitrogens with zero attached hydrogens (tertiary/aromatic N) is 3. The molecule has 2 fully saturated rings. The van der Waals surface area contributed by atoms with Crippen LogP contribution in [0.15, 0.2) is 48.8 Å². The van der Waals surface area contributed by atoms with E-state index >= 15 is 0 Å². The average Bonchev–Trinajstić information content (AvgIpc) is 2.63. The molecule has 5 heteroatoms. The fraction of sp³-hybridized carbons (Fsp3) is 0.450. The predicted octanol–water partition coefficient (Wildman–Crippen LogP) is 3.09. The highest BCUT2D eigenvalue weighted by atomic mass is 19.1. The molecule has 0 bridgehead atoms. The molecule has 0 saturated carbocycles. The molecule has 0 unspecified atom stereocenters. The summed E-state index contributed by atoms with van der Waals surface area (Å²) >= 11 is 0. The molecule has 2 aliphatic rings. The van der Waals surface area contributed by atoms with Crippen LogP contribution in [0.2, 0.25) is 0 Å². The maximum Gasteiger partial charge on any atom is 0.125 e. The van der Waals surface area contributed by atoms with Crippen LogP contribution in [0.4, 0.5) is 10.1 Å². The van der Waals surface area contributed by atoms with Crippen molar-refractivity contribution in [2.45, 2.75) is 25.0 Å². The minimum absolute atomic E-state index is 0.162. The average molecular weight is 341 g/mol. The third-order valence-corrected chi connectivity index (χ3v) is 5.17. The van der Waals surface area contributed by atoms with Gasteiger partial charge in [-0.3, -0.25) is 9.88 Å². The molecule has 0 N–H and O–H groups in total. The number of anilines is 1. The van der Waals surface area contributed by atoms with E-state index in [9.17, 15) is 4.39 Å². The molecule has 25 heavy (non-hydrogen) atoms. The van der Waals surface area contributed by atoms with Crippen molar-refractivity contribution in [2.24, 2.45) is 0 Å². The van der Waals surface area contributed by atoms with Crippen LogP contribution >= 0.6 is 0 Å². The molecule has 0 aliphatic carbocycles. The third kappa shape index (κ3) is 3.83. The van der Waals surface area contributed by atoms with Crippen LogP contribution in [0.3, 0.4) is 0 Å². The van der Waals surface area contributed by atoms with Crippen LogP contribution in [0.5, 0.6) is 0 Å². The normalized spacial score (nSPS) is 24.6. The highest BCUT2D eigenvalue weighted by Crippen LogP contribution is 2.32. The molecule has 1 aromatic carbocycles. The van der Waals surface area contributed by atoms with Crippen molar-refractivity contribution in [3.63, 3.8) is 0 Å². The van der Waals surface area contributed by atoms with Crippen LogP contribution < -0.4 is 4.90 Å². The van der Waals surface area contributed by atoms with Crippen LogP contribution in [0, 0.1) is 5.82 Å². The van der Waals surface area contributed by atoms with Crippen molar-refractivity contribution in [1.29, 1.82) is 0 Å². The first kappa shape index (κ1) is 16.5. The number of morpholine rings is 1. The maximum absolute atomic E-state index is 13.6. The van der Waals surface area contributed by atoms with Gasteiger partial charge in [-0.15, -0.1) is 0 Å². The number of aromatic nitrogens is 1. The summed E-state index contributed by atoms with van der Waals surface area (Å²) < 4.78 is 19.9. The first-order valence-corrected chi connectivity index (χ1v) is 8.98. The Balaban J connectivity index is 1.46. The van der Waals surface area contributed by atoms with Gasteiger partial charge in [0.2, 0.25) is 0 Å². The molecule has 1 aromatic heterocycles. The number of hydrogen-bond donors (Lipinski definition) is 0. The van der Waals surface area contributed by atoms with Crippen LogP contribution in [0.25, 0.3) is 0 Å². The van der Waals surface area contributed by atoms with Gasteiger partial charge in [-0.25, -0.2) is 4.39 Å². The Labute approximate surface area is 148 Å². The van der Waals surface area contributed by atoms with Gasteiger partial charge in [-0.1, -0.05) is 12.1 Å². The summed E-state index contributed by atoms with van der Waals surface area (Å²) in [5.74, 6) is -0.181. The Morgan fingerprint density at radius 3 is 2.96 bits per heavy atom. The van der Waals surface area contributed by atoms with Gasteiger partial charge in [0.25, 0.3) is 0 Å². The smallest absolute Gasteiger partial charge is 0.125 e. The van der Waals surface area contributed by atoms with Gasteiger partial charge >= 0.3 is 0 Å². The molecule has 1 spiro atoms. The Kier molecular flexibility index (Phi) is 4.68. The number of hydrogen-bond acceptors (Lipinski definition) is 4. The van der Waals surface area contributed by atoms with E-state index in [2.05, 4.69) is 20.9 Å². The molecule has 0 radical (unpaired) electrons. The monoisotopic (exact) mass is 341 g/mol. The van der Waals surface area contributed by atoms with Gasteiger partial charge in [0.1, 0.15) is 5.82 Å². The van der Waals surface area contributed by atoms with Crippen molar-refractivity contribution in [2.75, 3.05) is 37.7 Å². The molecule has 4 rings (SSSR count). The summed E-state index contributed by atoms with van der Waals surface area (Å²) in [6, 6.07) is 11.0. The molecule has 2 saturated heterocycles. The molecule has 0 amide bonds. The SMILES string of the molecule is Fc1cccc(N2CCC[C@@]3(CN(Cc4cccnc4)CCO3)C2)c1. The van der Waals surface area contributed by atoms with Crippen LogP contribution in [-0.4, -0.2) is 48.3 Å². The molecule has 2 aromatic rings. The summed E-state index contributed by atoms with van der Waals surface area (Å²) in [6.45, 7) is 5.28. The lowest BCUT2D eigenvalue weighted by Crippen LogP contribution is -2.59. The zero-order chi connectivity index (χ0) is 17.1. The predicted molar refractivity (Wildman–Crippen MR) is 96.0 cm³/mol. The van der Waals surface area contributed by atoms with E-state index in [0.29, 0.717) is 0 Å². The van der Waals surface area contributed by atoms with Gasteiger partial charge in [0.15, 0.2) is 0 Å². The molecule has 4 nitrogen and oxygen atoms in total. The van der Waals surface area contributed by atoms with Gasteiger partial charge in [-0.2, -0.15) is 0 Å². The molecule has 1 atom stereocenters. The van der Waals surface area contributed by atoms with E-state index in [1.54, 1.807) is 12.1 Å². The van der Waals surface area contributed by atoms with Crippen molar-refractivity contribution in [3.05, 3.63) is 60.2 Å². The number of rotatable bonds is 3. The summed E-state index contributed by atoms with van der Waals surface area (Å²) in [5.41, 5.74) is 2.02. The first-order chi connectivity index (χ1) is 12.2. The largest absolute Gasteiger partial charge is 0.370 e. The van der Waals surface area contributed by atoms with Gasteiger partial charge < -0.3 is 9.64 Å². The molecule has 3 heterocycles. The lowest BCUT2D eigenvalue weighted by molar-refractivity contribution is -0.116. The topological polar surface area (TPSA) is 28.6 Å². The third-order valence-electron chi connectivity index (χ3n) is 5.17. The minimum Gasteiger partial charge on any atom is -0.370 e. The van der Waals surface area contributed by atoms with Crippen molar-refractivity contribution in [3.8, 4) is 0 Å². The zero-order valence-corrected chi connectivity index (χ0v) is 14.4. The second-order valence-corrected chi connectivity index (χ2v) is 7.11. The quantitative estimate of drug-likeness (QED) is 0.858. The summed E-state index contributed by atoms with van der Waals surface area (Å²) in [5, 5.41) is 0. The summed E-state index contributed by atoms with van der Waals surface area (Å²) in [4.78, 5) is 8.93. The fourth-order valence-electron chi connectivity index (χ4n) is 4.05. The maximum atomic E-state index is 13.6. The zero-order valence-electron chi connectivity index (χ0n) is 14.4. The number of pyridine rings is 1. The lowest BCUT2D eigenvalue weighted by atomic mass is 9.90. The number of halogens is 1. The highest BCUT2D eigenvalue weighted by molar-refractivity contribution is 5.47. The lowest BCUT2D eigenvalue weighted by Gasteiger charge is -2.48. The second kappa shape index (κ2) is 7.10. The molecular formula is C20H24FN3O. The molecule has 2 aliphatic heterocycles. The van der Waals surface area contributed by atoms with E-state index in [4.69, 9.17) is 4.74 Å². The first-order valence-electron chi connectivity index (χ1n) is 8.98. The van der Waals surface area contributed by atoms with E-state index in [1.165, 1.54) is 11.6 Å². The Morgan fingerprint density at radius 1 is 1.16 bits per heavy atom. The van der Waals surface area contributed by atoms with E-state index in [-0.39, 0.29) is 11.4 Å². The van der Waals surface area contributed by atoms with Gasteiger partial charge in [0.05, 0.1) is 12.2 Å². The van der Waals surface area contributed by atoms with Crippen molar-refractivity contribution >= 4 is 5.69 Å². The highest BCUT2D eigenvalue weighted by Gasteiger charge is 2.40. The van der Waals surface area contributed by atoms with Crippen LogP contribution in [0.1, 0.15) is 18.4 Å². The fourth-order valence-corrected chi connectivity index (χ4v) is 4.05. The van der Waals surface area contributed by atoms with Crippen molar-refractivity contribution < 1.29 is 9.13 Å². The van der Waals surface area contributed by atoms with Gasteiger partial charge in [0, 0.05) is 50.8 Å². The number of ether oxygens (including phenoxy) is 1. The van der Waals surface area contributed by atoms with Crippen molar-refractivity contribution in [1.82, 2.24) is 9.88 Å². The number of benzene rings is 1.